The van der Waals surface area contributed by atoms with Crippen LogP contribution >= 0.6 is 0 Å². The minimum atomic E-state index is -0.158. The molecular weight excluding hydrogens is 255 g/mol. The molecule has 114 valence electrons. The molecule has 1 unspecified atom stereocenters. The number of nitrogens with one attached hydrogen (secondary N) is 1. The molecule has 4 heteroatoms. The molecule has 0 aliphatic heterocycles. The molecule has 20 heavy (non-hydrogen) atoms. The van der Waals surface area contributed by atoms with Crippen molar-refractivity contribution in [2.75, 3.05) is 33.3 Å². The highest BCUT2D eigenvalue weighted by Crippen LogP contribution is 2.20. The Bertz CT molecular complexity index is 373. The van der Waals surface area contributed by atoms with Crippen molar-refractivity contribution in [3.05, 3.63) is 35.6 Å². The number of aliphatic hydroxyl groups excluding tert-OH is 1. The van der Waals surface area contributed by atoms with Crippen LogP contribution in [-0.2, 0) is 0 Å². The van der Waals surface area contributed by atoms with Crippen LogP contribution in [0.2, 0.25) is 0 Å². The molecular formula is C16H27FN2O. The molecule has 1 atom stereocenters. The molecule has 3 nitrogen and oxygen atoms in total. The summed E-state index contributed by atoms with van der Waals surface area (Å²) < 4.78 is 13.8. The van der Waals surface area contributed by atoms with Gasteiger partial charge in [-0.1, -0.05) is 31.5 Å². The minimum absolute atomic E-state index is 0.0130. The Labute approximate surface area is 121 Å². The van der Waals surface area contributed by atoms with Crippen LogP contribution in [0.25, 0.3) is 0 Å². The third-order valence-electron chi connectivity index (χ3n) is 3.61. The fourth-order valence-electron chi connectivity index (χ4n) is 2.38. The van der Waals surface area contributed by atoms with Gasteiger partial charge in [-0.3, -0.25) is 0 Å². The first-order valence-corrected chi connectivity index (χ1v) is 7.47. The van der Waals surface area contributed by atoms with E-state index in [2.05, 4.69) is 17.1 Å². The average molecular weight is 282 g/mol. The fourth-order valence-corrected chi connectivity index (χ4v) is 2.38. The largest absolute Gasteiger partial charge is 0.395 e. The highest BCUT2D eigenvalue weighted by molar-refractivity contribution is 5.21. The molecule has 0 saturated heterocycles. The maximum absolute atomic E-state index is 13.8. The summed E-state index contributed by atoms with van der Waals surface area (Å²) in [6, 6.07) is 6.93. The average Bonchev–Trinajstić information content (AvgIpc) is 2.46. The van der Waals surface area contributed by atoms with E-state index in [9.17, 15) is 4.39 Å². The lowest BCUT2D eigenvalue weighted by molar-refractivity contribution is 0.187. The molecule has 0 radical (unpaired) electrons. The zero-order valence-corrected chi connectivity index (χ0v) is 12.6. The van der Waals surface area contributed by atoms with E-state index in [4.69, 9.17) is 5.11 Å². The third-order valence-corrected chi connectivity index (χ3v) is 3.61. The van der Waals surface area contributed by atoms with Gasteiger partial charge in [-0.05, 0) is 32.5 Å². The molecule has 1 rings (SSSR count). The summed E-state index contributed by atoms with van der Waals surface area (Å²) in [6.07, 6.45) is 3.11. The summed E-state index contributed by atoms with van der Waals surface area (Å²) in [6.45, 7) is 4.87. The van der Waals surface area contributed by atoms with Gasteiger partial charge in [0.15, 0.2) is 0 Å². The van der Waals surface area contributed by atoms with E-state index in [1.165, 1.54) is 6.07 Å². The van der Waals surface area contributed by atoms with E-state index in [0.717, 1.165) is 37.9 Å². The van der Waals surface area contributed by atoms with Crippen LogP contribution in [0.5, 0.6) is 0 Å². The second kappa shape index (κ2) is 9.86. The lowest BCUT2D eigenvalue weighted by Crippen LogP contribution is -2.32. The number of rotatable bonds is 10. The zero-order valence-electron chi connectivity index (χ0n) is 12.6. The van der Waals surface area contributed by atoms with Crippen molar-refractivity contribution in [1.82, 2.24) is 10.2 Å². The van der Waals surface area contributed by atoms with E-state index in [1.54, 1.807) is 6.07 Å². The molecule has 0 heterocycles. The Morgan fingerprint density at radius 1 is 1.25 bits per heavy atom. The highest BCUT2D eigenvalue weighted by Gasteiger charge is 2.14. The van der Waals surface area contributed by atoms with Crippen molar-refractivity contribution in [2.24, 2.45) is 0 Å². The van der Waals surface area contributed by atoms with E-state index in [1.807, 2.05) is 19.2 Å². The van der Waals surface area contributed by atoms with E-state index < -0.39 is 0 Å². The smallest absolute Gasteiger partial charge is 0.127 e. The van der Waals surface area contributed by atoms with Crippen molar-refractivity contribution >= 4 is 0 Å². The van der Waals surface area contributed by atoms with Gasteiger partial charge in [0, 0.05) is 24.7 Å². The van der Waals surface area contributed by atoms with Crippen molar-refractivity contribution in [3.63, 3.8) is 0 Å². The van der Waals surface area contributed by atoms with Gasteiger partial charge in [0.1, 0.15) is 5.82 Å². The maximum Gasteiger partial charge on any atom is 0.127 e. The first-order valence-electron chi connectivity index (χ1n) is 7.47. The highest BCUT2D eigenvalue weighted by atomic mass is 19.1. The normalized spacial score (nSPS) is 12.8. The first-order chi connectivity index (χ1) is 9.72. The van der Waals surface area contributed by atoms with Crippen molar-refractivity contribution < 1.29 is 9.50 Å². The van der Waals surface area contributed by atoms with Gasteiger partial charge >= 0.3 is 0 Å². The number of unbranched alkanes of at least 4 members (excludes halogenated alkanes) is 1. The molecule has 1 aromatic rings. The number of aliphatic hydroxyl groups is 1. The summed E-state index contributed by atoms with van der Waals surface area (Å²) in [7, 11) is 1.86. The topological polar surface area (TPSA) is 35.5 Å². The standard InChI is InChI=1S/C16H27FN2O/c1-3-4-10-19(12-13-20)11-9-16(18-2)14-7-5-6-8-15(14)17/h5-8,16,18,20H,3-4,9-13H2,1-2H3. The molecule has 0 aromatic heterocycles. The SMILES string of the molecule is CCCCN(CCO)CCC(NC)c1ccccc1F. The Hall–Kier alpha value is -0.970. The first kappa shape index (κ1) is 17.1. The van der Waals surface area contributed by atoms with Crippen LogP contribution in [-0.4, -0.2) is 43.3 Å². The molecule has 0 amide bonds. The predicted octanol–water partition coefficient (Wildman–Crippen LogP) is 2.57. The van der Waals surface area contributed by atoms with Crippen LogP contribution in [0.1, 0.15) is 37.8 Å². The summed E-state index contributed by atoms with van der Waals surface area (Å²) in [5.41, 5.74) is 0.717. The van der Waals surface area contributed by atoms with Crippen LogP contribution in [0.15, 0.2) is 24.3 Å². The molecule has 2 N–H and O–H groups in total. The number of benzene rings is 1. The summed E-state index contributed by atoms with van der Waals surface area (Å²) in [5.74, 6) is -0.158. The lowest BCUT2D eigenvalue weighted by atomic mass is 10.0. The number of hydrogen-bond acceptors (Lipinski definition) is 3. The van der Waals surface area contributed by atoms with Crippen LogP contribution < -0.4 is 5.32 Å². The quantitative estimate of drug-likeness (QED) is 0.692. The van der Waals surface area contributed by atoms with Gasteiger partial charge in [-0.2, -0.15) is 0 Å². The van der Waals surface area contributed by atoms with Crippen LogP contribution in [0.3, 0.4) is 0 Å². The third kappa shape index (κ3) is 5.57. The van der Waals surface area contributed by atoms with Gasteiger partial charge < -0.3 is 15.3 Å². The predicted molar refractivity (Wildman–Crippen MR) is 81.3 cm³/mol. The molecule has 0 bridgehead atoms. The Kier molecular flexibility index (Phi) is 8.42. The Morgan fingerprint density at radius 3 is 2.60 bits per heavy atom. The van der Waals surface area contributed by atoms with Crippen molar-refractivity contribution in [2.45, 2.75) is 32.2 Å². The van der Waals surface area contributed by atoms with E-state index >= 15 is 0 Å². The van der Waals surface area contributed by atoms with Gasteiger partial charge in [0.2, 0.25) is 0 Å². The minimum Gasteiger partial charge on any atom is -0.395 e. The monoisotopic (exact) mass is 282 g/mol. The number of halogens is 1. The zero-order chi connectivity index (χ0) is 14.8. The molecule has 0 aliphatic rings. The lowest BCUT2D eigenvalue weighted by Gasteiger charge is -2.24. The molecule has 0 spiro atoms. The maximum atomic E-state index is 13.8. The summed E-state index contributed by atoms with van der Waals surface area (Å²) in [5, 5.41) is 12.3. The van der Waals surface area contributed by atoms with Crippen LogP contribution in [0.4, 0.5) is 4.39 Å². The summed E-state index contributed by atoms with van der Waals surface area (Å²) >= 11 is 0. The van der Waals surface area contributed by atoms with Gasteiger partial charge in [0.05, 0.1) is 6.61 Å². The Morgan fingerprint density at radius 2 is 2.00 bits per heavy atom. The second-order valence-electron chi connectivity index (χ2n) is 5.07. The molecule has 0 fully saturated rings. The molecule has 0 saturated carbocycles. The number of nitrogens with zero attached hydrogens (tertiary/aromatic N) is 1. The van der Waals surface area contributed by atoms with E-state index in [-0.39, 0.29) is 18.5 Å². The second-order valence-corrected chi connectivity index (χ2v) is 5.07. The Balaban J connectivity index is 2.57. The van der Waals surface area contributed by atoms with Gasteiger partial charge in [0.25, 0.3) is 0 Å². The van der Waals surface area contributed by atoms with Crippen LogP contribution in [0, 0.1) is 5.82 Å². The number of hydrogen-bond donors (Lipinski definition) is 2. The van der Waals surface area contributed by atoms with Crippen molar-refractivity contribution in [3.8, 4) is 0 Å². The van der Waals surface area contributed by atoms with Crippen molar-refractivity contribution in [1.29, 1.82) is 0 Å². The summed E-state index contributed by atoms with van der Waals surface area (Å²) in [4.78, 5) is 2.24. The van der Waals surface area contributed by atoms with E-state index in [0.29, 0.717) is 6.54 Å². The molecule has 1 aromatic carbocycles. The van der Waals surface area contributed by atoms with Gasteiger partial charge in [-0.15, -0.1) is 0 Å². The molecule has 0 aliphatic carbocycles. The fraction of sp³-hybridized carbons (Fsp3) is 0.625. The van der Waals surface area contributed by atoms with Gasteiger partial charge in [-0.25, -0.2) is 4.39 Å².